The van der Waals surface area contributed by atoms with Crippen molar-refractivity contribution in [3.63, 3.8) is 0 Å². The maximum absolute atomic E-state index is 5.51. The Morgan fingerprint density at radius 1 is 1.55 bits per heavy atom. The standard InChI is InChI=1S/C8H18N2O/c1-10(2)7-8(11-3)4-5-9-6-8/h9H,4-7H2,1-3H3/t8-/m0/s1. The molecule has 0 aromatic carbocycles. The van der Waals surface area contributed by atoms with Crippen LogP contribution in [-0.4, -0.2) is 51.3 Å². The summed E-state index contributed by atoms with van der Waals surface area (Å²) in [5, 5.41) is 3.32. The van der Waals surface area contributed by atoms with Gasteiger partial charge in [-0.25, -0.2) is 0 Å². The molecule has 1 saturated heterocycles. The predicted octanol–water partition coefficient (Wildman–Crippen LogP) is -0.0735. The zero-order chi connectivity index (χ0) is 8.32. The second-order valence-electron chi connectivity index (χ2n) is 3.55. The summed E-state index contributed by atoms with van der Waals surface area (Å²) < 4.78 is 5.51. The smallest absolute Gasteiger partial charge is 0.0940 e. The summed E-state index contributed by atoms with van der Waals surface area (Å²) >= 11 is 0. The van der Waals surface area contributed by atoms with Crippen LogP contribution in [0.25, 0.3) is 0 Å². The van der Waals surface area contributed by atoms with Crippen molar-refractivity contribution in [2.45, 2.75) is 12.0 Å². The van der Waals surface area contributed by atoms with Gasteiger partial charge in [0.25, 0.3) is 0 Å². The molecular weight excluding hydrogens is 140 g/mol. The Balaban J connectivity index is 2.45. The third kappa shape index (κ3) is 2.15. The normalized spacial score (nSPS) is 31.6. The van der Waals surface area contributed by atoms with Crippen molar-refractivity contribution >= 4 is 0 Å². The predicted molar refractivity (Wildman–Crippen MR) is 45.8 cm³/mol. The van der Waals surface area contributed by atoms with Gasteiger partial charge < -0.3 is 15.0 Å². The van der Waals surface area contributed by atoms with Gasteiger partial charge in [0.15, 0.2) is 0 Å². The fraction of sp³-hybridized carbons (Fsp3) is 1.00. The summed E-state index contributed by atoms with van der Waals surface area (Å²) in [6, 6.07) is 0. The number of hydrogen-bond acceptors (Lipinski definition) is 3. The molecule has 0 spiro atoms. The highest BCUT2D eigenvalue weighted by Crippen LogP contribution is 2.18. The molecule has 3 heteroatoms. The molecule has 1 heterocycles. The minimum atomic E-state index is 0.0729. The summed E-state index contributed by atoms with van der Waals surface area (Å²) in [6.07, 6.45) is 1.13. The number of likely N-dealkylation sites (N-methyl/N-ethyl adjacent to an activating group) is 1. The lowest BCUT2D eigenvalue weighted by Gasteiger charge is -2.29. The fourth-order valence-corrected chi connectivity index (χ4v) is 1.67. The van der Waals surface area contributed by atoms with Gasteiger partial charge in [-0.05, 0) is 27.1 Å². The number of nitrogens with zero attached hydrogens (tertiary/aromatic N) is 1. The van der Waals surface area contributed by atoms with Crippen molar-refractivity contribution in [2.24, 2.45) is 0 Å². The van der Waals surface area contributed by atoms with E-state index in [9.17, 15) is 0 Å². The van der Waals surface area contributed by atoms with E-state index in [4.69, 9.17) is 4.74 Å². The largest absolute Gasteiger partial charge is 0.376 e. The number of ether oxygens (including phenoxy) is 1. The molecule has 0 aromatic heterocycles. The van der Waals surface area contributed by atoms with E-state index in [0.717, 1.165) is 26.1 Å². The fourth-order valence-electron chi connectivity index (χ4n) is 1.67. The molecule has 66 valence electrons. The molecule has 1 N–H and O–H groups in total. The van der Waals surface area contributed by atoms with Crippen LogP contribution in [-0.2, 0) is 4.74 Å². The Bertz CT molecular complexity index is 119. The van der Waals surface area contributed by atoms with Gasteiger partial charge in [0.1, 0.15) is 0 Å². The number of rotatable bonds is 3. The molecule has 11 heavy (non-hydrogen) atoms. The van der Waals surface area contributed by atoms with E-state index in [1.165, 1.54) is 0 Å². The van der Waals surface area contributed by atoms with Crippen LogP contribution in [0.3, 0.4) is 0 Å². The molecule has 1 aliphatic rings. The number of hydrogen-bond donors (Lipinski definition) is 1. The minimum Gasteiger partial charge on any atom is -0.376 e. The van der Waals surface area contributed by atoms with Gasteiger partial charge in [0.05, 0.1) is 5.60 Å². The van der Waals surface area contributed by atoms with E-state index in [1.54, 1.807) is 7.11 Å². The highest BCUT2D eigenvalue weighted by atomic mass is 16.5. The van der Waals surface area contributed by atoms with Gasteiger partial charge in [-0.15, -0.1) is 0 Å². The van der Waals surface area contributed by atoms with E-state index in [2.05, 4.69) is 24.3 Å². The Kier molecular flexibility index (Phi) is 2.87. The van der Waals surface area contributed by atoms with Gasteiger partial charge in [0.2, 0.25) is 0 Å². The molecule has 1 aliphatic heterocycles. The molecule has 0 radical (unpaired) electrons. The van der Waals surface area contributed by atoms with Crippen molar-refractivity contribution < 1.29 is 4.74 Å². The van der Waals surface area contributed by atoms with Crippen molar-refractivity contribution in [3.8, 4) is 0 Å². The minimum absolute atomic E-state index is 0.0729. The SMILES string of the molecule is CO[C@@]1(CN(C)C)CCNC1. The lowest BCUT2D eigenvalue weighted by atomic mass is 10.0. The highest BCUT2D eigenvalue weighted by molar-refractivity contribution is 4.91. The average Bonchev–Trinajstić information content (AvgIpc) is 2.36. The zero-order valence-corrected chi connectivity index (χ0v) is 7.68. The molecular formula is C8H18N2O. The first-order chi connectivity index (χ1) is 5.18. The van der Waals surface area contributed by atoms with Crippen LogP contribution in [0, 0.1) is 0 Å². The van der Waals surface area contributed by atoms with Crippen LogP contribution < -0.4 is 5.32 Å². The first-order valence-electron chi connectivity index (χ1n) is 4.09. The van der Waals surface area contributed by atoms with Gasteiger partial charge in [-0.1, -0.05) is 0 Å². The van der Waals surface area contributed by atoms with Crippen molar-refractivity contribution in [2.75, 3.05) is 40.8 Å². The molecule has 0 saturated carbocycles. The molecule has 1 atom stereocenters. The molecule has 1 rings (SSSR count). The van der Waals surface area contributed by atoms with Crippen LogP contribution in [0.2, 0.25) is 0 Å². The molecule has 0 aliphatic carbocycles. The van der Waals surface area contributed by atoms with Crippen molar-refractivity contribution in [3.05, 3.63) is 0 Å². The second-order valence-corrected chi connectivity index (χ2v) is 3.55. The topological polar surface area (TPSA) is 24.5 Å². The molecule has 0 aromatic rings. The van der Waals surface area contributed by atoms with Gasteiger partial charge >= 0.3 is 0 Å². The Morgan fingerprint density at radius 2 is 2.27 bits per heavy atom. The third-order valence-corrected chi connectivity index (χ3v) is 2.24. The van der Waals surface area contributed by atoms with E-state index in [1.807, 2.05) is 0 Å². The van der Waals surface area contributed by atoms with E-state index in [-0.39, 0.29) is 5.60 Å². The second kappa shape index (κ2) is 3.52. The van der Waals surface area contributed by atoms with Crippen LogP contribution in [0.15, 0.2) is 0 Å². The Morgan fingerprint density at radius 3 is 2.64 bits per heavy atom. The van der Waals surface area contributed by atoms with Crippen molar-refractivity contribution in [1.29, 1.82) is 0 Å². The molecule has 0 unspecified atom stereocenters. The van der Waals surface area contributed by atoms with Gasteiger partial charge in [0, 0.05) is 20.2 Å². The lowest BCUT2D eigenvalue weighted by molar-refractivity contribution is -0.0114. The summed E-state index contributed by atoms with van der Waals surface area (Å²) in [6.45, 7) is 3.08. The Hall–Kier alpha value is -0.120. The lowest BCUT2D eigenvalue weighted by Crippen LogP contribution is -2.43. The number of nitrogens with one attached hydrogen (secondary N) is 1. The molecule has 1 fully saturated rings. The Labute approximate surface area is 68.7 Å². The highest BCUT2D eigenvalue weighted by Gasteiger charge is 2.33. The molecule has 0 amide bonds. The number of methoxy groups -OCH3 is 1. The zero-order valence-electron chi connectivity index (χ0n) is 7.68. The van der Waals surface area contributed by atoms with Crippen LogP contribution in [0.4, 0.5) is 0 Å². The van der Waals surface area contributed by atoms with Crippen LogP contribution in [0.5, 0.6) is 0 Å². The maximum atomic E-state index is 5.51. The first kappa shape index (κ1) is 8.97. The quantitative estimate of drug-likeness (QED) is 0.622. The first-order valence-corrected chi connectivity index (χ1v) is 4.09. The maximum Gasteiger partial charge on any atom is 0.0940 e. The van der Waals surface area contributed by atoms with E-state index in [0.29, 0.717) is 0 Å². The van der Waals surface area contributed by atoms with Crippen LogP contribution >= 0.6 is 0 Å². The molecule has 3 nitrogen and oxygen atoms in total. The third-order valence-electron chi connectivity index (χ3n) is 2.24. The monoisotopic (exact) mass is 158 g/mol. The van der Waals surface area contributed by atoms with Crippen LogP contribution in [0.1, 0.15) is 6.42 Å². The van der Waals surface area contributed by atoms with E-state index >= 15 is 0 Å². The summed E-state index contributed by atoms with van der Waals surface area (Å²) in [5.41, 5.74) is 0.0729. The summed E-state index contributed by atoms with van der Waals surface area (Å²) in [4.78, 5) is 2.18. The van der Waals surface area contributed by atoms with Gasteiger partial charge in [-0.2, -0.15) is 0 Å². The summed E-state index contributed by atoms with van der Waals surface area (Å²) in [7, 11) is 5.97. The van der Waals surface area contributed by atoms with Crippen molar-refractivity contribution in [1.82, 2.24) is 10.2 Å². The molecule has 0 bridgehead atoms. The summed E-state index contributed by atoms with van der Waals surface area (Å²) in [5.74, 6) is 0. The van der Waals surface area contributed by atoms with Gasteiger partial charge in [-0.3, -0.25) is 0 Å². The average molecular weight is 158 g/mol. The van der Waals surface area contributed by atoms with E-state index < -0.39 is 0 Å².